The molecule has 4 nitrogen and oxygen atoms in total. The molecule has 1 heterocycles. The number of hydrogen-bond acceptors (Lipinski definition) is 3. The van der Waals surface area contributed by atoms with E-state index in [-0.39, 0.29) is 18.8 Å². The Bertz CT molecular complexity index is 643. The minimum Gasteiger partial charge on any atom is -0.461 e. The summed E-state index contributed by atoms with van der Waals surface area (Å²) >= 11 is 1.95. The lowest BCUT2D eigenvalue weighted by molar-refractivity contribution is 0.0517. The Morgan fingerprint density at radius 1 is 1.45 bits per heavy atom. The van der Waals surface area contributed by atoms with Gasteiger partial charge in [-0.05, 0) is 35.6 Å². The van der Waals surface area contributed by atoms with Gasteiger partial charge in [-0.15, -0.1) is 0 Å². The van der Waals surface area contributed by atoms with E-state index in [9.17, 15) is 13.6 Å². The average Bonchev–Trinajstić information content (AvgIpc) is 2.74. The third-order valence-corrected chi connectivity index (χ3v) is 3.32. The van der Waals surface area contributed by atoms with Crippen LogP contribution < -0.4 is 0 Å². The van der Waals surface area contributed by atoms with Crippen LogP contribution >= 0.6 is 22.6 Å². The van der Waals surface area contributed by atoms with E-state index in [1.807, 2.05) is 22.6 Å². The molecule has 0 aliphatic carbocycles. The summed E-state index contributed by atoms with van der Waals surface area (Å²) in [7, 11) is 0. The highest BCUT2D eigenvalue weighted by molar-refractivity contribution is 14.1. The number of carbonyl (C=O) groups is 1. The molecule has 0 saturated heterocycles. The van der Waals surface area contributed by atoms with Gasteiger partial charge >= 0.3 is 5.97 Å². The average molecular weight is 392 g/mol. The zero-order valence-corrected chi connectivity index (χ0v) is 12.7. The predicted octanol–water partition coefficient (Wildman–Crippen LogP) is 2.99. The van der Waals surface area contributed by atoms with E-state index in [0.717, 1.165) is 6.07 Å². The van der Waals surface area contributed by atoms with Crippen LogP contribution in [0.25, 0.3) is 0 Å². The Hall–Kier alpha value is -1.51. The highest BCUT2D eigenvalue weighted by Crippen LogP contribution is 2.15. The predicted molar refractivity (Wildman–Crippen MR) is 76.4 cm³/mol. The Kier molecular flexibility index (Phi) is 4.69. The number of halogens is 3. The van der Waals surface area contributed by atoms with E-state index in [1.165, 1.54) is 16.8 Å². The second kappa shape index (κ2) is 6.29. The number of rotatable bonds is 4. The minimum absolute atomic E-state index is 0.113. The highest BCUT2D eigenvalue weighted by Gasteiger charge is 2.16. The SMILES string of the molecule is CCOC(=O)c1nn(Cc2ccc(F)cc2F)cc1I. The number of aromatic nitrogens is 2. The molecule has 2 aromatic rings. The molecular weight excluding hydrogens is 381 g/mol. The maximum absolute atomic E-state index is 13.5. The molecule has 0 bridgehead atoms. The molecule has 0 aliphatic rings. The second-order valence-electron chi connectivity index (χ2n) is 3.98. The normalized spacial score (nSPS) is 10.6. The quantitative estimate of drug-likeness (QED) is 0.594. The zero-order valence-electron chi connectivity index (χ0n) is 10.6. The van der Waals surface area contributed by atoms with Crippen molar-refractivity contribution in [3.05, 3.63) is 50.9 Å². The van der Waals surface area contributed by atoms with E-state index in [1.54, 1.807) is 13.1 Å². The lowest BCUT2D eigenvalue weighted by Gasteiger charge is -2.03. The van der Waals surface area contributed by atoms with Crippen molar-refractivity contribution >= 4 is 28.6 Å². The molecule has 0 fully saturated rings. The van der Waals surface area contributed by atoms with Gasteiger partial charge in [0.25, 0.3) is 0 Å². The van der Waals surface area contributed by atoms with Crippen LogP contribution in [0.15, 0.2) is 24.4 Å². The number of esters is 1. The maximum atomic E-state index is 13.5. The van der Waals surface area contributed by atoms with Gasteiger partial charge in [-0.3, -0.25) is 4.68 Å². The van der Waals surface area contributed by atoms with Crippen molar-refractivity contribution < 1.29 is 18.3 Å². The molecule has 0 unspecified atom stereocenters. The Labute approximate surface area is 127 Å². The first-order chi connectivity index (χ1) is 9.51. The lowest BCUT2D eigenvalue weighted by Crippen LogP contribution is -2.09. The van der Waals surface area contributed by atoms with Crippen LogP contribution in [0.3, 0.4) is 0 Å². The van der Waals surface area contributed by atoms with E-state index >= 15 is 0 Å². The molecule has 0 N–H and O–H groups in total. The largest absolute Gasteiger partial charge is 0.461 e. The monoisotopic (exact) mass is 392 g/mol. The molecule has 1 aromatic heterocycles. The topological polar surface area (TPSA) is 44.1 Å². The van der Waals surface area contributed by atoms with Crippen molar-refractivity contribution in [3.63, 3.8) is 0 Å². The molecule has 0 atom stereocenters. The fraction of sp³-hybridized carbons (Fsp3) is 0.231. The summed E-state index contributed by atoms with van der Waals surface area (Å²) in [5, 5.41) is 4.06. The molecule has 0 aliphatic heterocycles. The van der Waals surface area contributed by atoms with Crippen LogP contribution in [0.5, 0.6) is 0 Å². The molecule has 7 heteroatoms. The number of ether oxygens (including phenoxy) is 1. The van der Waals surface area contributed by atoms with Gasteiger partial charge in [-0.1, -0.05) is 6.07 Å². The van der Waals surface area contributed by atoms with E-state index in [4.69, 9.17) is 4.74 Å². The maximum Gasteiger partial charge on any atom is 0.359 e. The van der Waals surface area contributed by atoms with Crippen molar-refractivity contribution in [2.75, 3.05) is 6.61 Å². The van der Waals surface area contributed by atoms with Gasteiger partial charge in [0, 0.05) is 17.8 Å². The summed E-state index contributed by atoms with van der Waals surface area (Å²) < 4.78 is 33.3. The van der Waals surface area contributed by atoms with Crippen molar-refractivity contribution in [1.82, 2.24) is 9.78 Å². The van der Waals surface area contributed by atoms with E-state index < -0.39 is 17.6 Å². The van der Waals surface area contributed by atoms with Crippen molar-refractivity contribution in [2.24, 2.45) is 0 Å². The number of benzene rings is 1. The van der Waals surface area contributed by atoms with E-state index in [0.29, 0.717) is 9.13 Å². The molecule has 0 amide bonds. The lowest BCUT2D eigenvalue weighted by atomic mass is 10.2. The smallest absolute Gasteiger partial charge is 0.359 e. The first-order valence-electron chi connectivity index (χ1n) is 5.85. The molecular formula is C13H11F2IN2O2. The standard InChI is InChI=1S/C13H11F2IN2O2/c1-2-20-13(19)12-11(16)7-18(17-12)6-8-3-4-9(14)5-10(8)15/h3-5,7H,2,6H2,1H3. The fourth-order valence-electron chi connectivity index (χ4n) is 1.64. The minimum atomic E-state index is -0.645. The summed E-state index contributed by atoms with van der Waals surface area (Å²) in [6.45, 7) is 2.07. The van der Waals surface area contributed by atoms with Gasteiger partial charge in [0.2, 0.25) is 0 Å². The first-order valence-corrected chi connectivity index (χ1v) is 6.93. The Morgan fingerprint density at radius 3 is 2.85 bits per heavy atom. The second-order valence-corrected chi connectivity index (χ2v) is 5.14. The van der Waals surface area contributed by atoms with Crippen molar-refractivity contribution in [2.45, 2.75) is 13.5 Å². The van der Waals surface area contributed by atoms with Crippen LogP contribution in [0.1, 0.15) is 23.0 Å². The highest BCUT2D eigenvalue weighted by atomic mass is 127. The van der Waals surface area contributed by atoms with Crippen molar-refractivity contribution in [3.8, 4) is 0 Å². The van der Waals surface area contributed by atoms with Gasteiger partial charge in [0.1, 0.15) is 11.6 Å². The van der Waals surface area contributed by atoms with Gasteiger partial charge in [0.05, 0.1) is 16.7 Å². The van der Waals surface area contributed by atoms with Crippen LogP contribution in [0, 0.1) is 15.2 Å². The van der Waals surface area contributed by atoms with Crippen molar-refractivity contribution in [1.29, 1.82) is 0 Å². The molecule has 20 heavy (non-hydrogen) atoms. The van der Waals surface area contributed by atoms with Gasteiger partial charge in [0.15, 0.2) is 5.69 Å². The van der Waals surface area contributed by atoms with Gasteiger partial charge in [-0.25, -0.2) is 13.6 Å². The van der Waals surface area contributed by atoms with Crippen LogP contribution in [-0.4, -0.2) is 22.4 Å². The zero-order chi connectivity index (χ0) is 14.7. The molecule has 2 rings (SSSR count). The van der Waals surface area contributed by atoms with Crippen LogP contribution in [0.2, 0.25) is 0 Å². The number of hydrogen-bond donors (Lipinski definition) is 0. The third-order valence-electron chi connectivity index (χ3n) is 2.53. The summed E-state index contributed by atoms with van der Waals surface area (Å²) in [5.41, 5.74) is 0.482. The molecule has 0 saturated carbocycles. The van der Waals surface area contributed by atoms with Gasteiger partial charge in [-0.2, -0.15) is 5.10 Å². The first kappa shape index (κ1) is 14.9. The van der Waals surface area contributed by atoms with Crippen LogP contribution in [-0.2, 0) is 11.3 Å². The summed E-state index contributed by atoms with van der Waals surface area (Å²) in [6.07, 6.45) is 1.61. The fourth-order valence-corrected chi connectivity index (χ4v) is 2.29. The molecule has 106 valence electrons. The Morgan fingerprint density at radius 2 is 2.20 bits per heavy atom. The molecule has 0 radical (unpaired) electrons. The molecule has 1 aromatic carbocycles. The third kappa shape index (κ3) is 3.33. The van der Waals surface area contributed by atoms with Gasteiger partial charge < -0.3 is 4.74 Å². The molecule has 0 spiro atoms. The number of carbonyl (C=O) groups excluding carboxylic acids is 1. The van der Waals surface area contributed by atoms with E-state index in [2.05, 4.69) is 5.10 Å². The van der Waals surface area contributed by atoms with Crippen LogP contribution in [0.4, 0.5) is 8.78 Å². The summed E-state index contributed by atoms with van der Waals surface area (Å²) in [5.74, 6) is -1.79. The Balaban J connectivity index is 2.22. The summed E-state index contributed by atoms with van der Waals surface area (Å²) in [4.78, 5) is 11.6. The number of nitrogens with zero attached hydrogens (tertiary/aromatic N) is 2. The summed E-state index contributed by atoms with van der Waals surface area (Å²) in [6, 6.07) is 3.35.